The molecule has 0 saturated carbocycles. The Hall–Kier alpha value is -1.59. The molecule has 2 atom stereocenters. The first-order valence-electron chi connectivity index (χ1n) is 7.14. The number of hydrogen-bond donors (Lipinski definition) is 2. The lowest BCUT2D eigenvalue weighted by atomic mass is 10.1. The summed E-state index contributed by atoms with van der Waals surface area (Å²) < 4.78 is 0. The van der Waals surface area contributed by atoms with Crippen LogP contribution in [-0.2, 0) is 4.79 Å². The van der Waals surface area contributed by atoms with E-state index in [1.54, 1.807) is 11.9 Å². The van der Waals surface area contributed by atoms with Gasteiger partial charge in [-0.2, -0.15) is 0 Å². The maximum atomic E-state index is 11.9. The number of benzene rings is 1. The van der Waals surface area contributed by atoms with Gasteiger partial charge in [0.15, 0.2) is 0 Å². The lowest BCUT2D eigenvalue weighted by Gasteiger charge is -2.20. The number of fused-ring (bicyclic) bond motifs is 1. The van der Waals surface area contributed by atoms with Gasteiger partial charge >= 0.3 is 0 Å². The Balaban J connectivity index is 1.82. The number of rotatable bonds is 3. The lowest BCUT2D eigenvalue weighted by molar-refractivity contribution is -0.118. The summed E-state index contributed by atoms with van der Waals surface area (Å²) in [6, 6.07) is 5.55. The van der Waals surface area contributed by atoms with Crippen molar-refractivity contribution in [1.29, 1.82) is 0 Å². The van der Waals surface area contributed by atoms with Crippen LogP contribution in [0.15, 0.2) is 18.2 Å². The Morgan fingerprint density at radius 2 is 2.25 bits per heavy atom. The standard InChI is InChI=1S/C15H21N3O2/c1-17-13-8-11(2-3-12(13)14(16)15(17)20)18-6-4-10(9-18)5-7-19/h2-3,8,10,14,19H,4-7,9,16H2,1H3. The first-order valence-corrected chi connectivity index (χ1v) is 7.14. The Morgan fingerprint density at radius 3 is 3.00 bits per heavy atom. The maximum Gasteiger partial charge on any atom is 0.248 e. The van der Waals surface area contributed by atoms with Gasteiger partial charge in [0, 0.05) is 38.0 Å². The molecule has 1 aromatic carbocycles. The molecule has 0 aliphatic carbocycles. The second kappa shape index (κ2) is 5.07. The van der Waals surface area contributed by atoms with Crippen LogP contribution in [-0.4, -0.2) is 37.8 Å². The Morgan fingerprint density at radius 1 is 1.45 bits per heavy atom. The quantitative estimate of drug-likeness (QED) is 0.859. The first kappa shape index (κ1) is 13.4. The topological polar surface area (TPSA) is 69.8 Å². The number of aliphatic hydroxyl groups is 1. The summed E-state index contributed by atoms with van der Waals surface area (Å²) in [6.07, 6.45) is 1.98. The van der Waals surface area contributed by atoms with Crippen LogP contribution in [0.1, 0.15) is 24.4 Å². The average Bonchev–Trinajstić information content (AvgIpc) is 3.00. The van der Waals surface area contributed by atoms with E-state index in [2.05, 4.69) is 11.0 Å². The number of carbonyl (C=O) groups excluding carboxylic acids is 1. The van der Waals surface area contributed by atoms with E-state index in [4.69, 9.17) is 10.8 Å². The van der Waals surface area contributed by atoms with E-state index in [-0.39, 0.29) is 12.5 Å². The van der Waals surface area contributed by atoms with Gasteiger partial charge in [-0.25, -0.2) is 0 Å². The lowest BCUT2D eigenvalue weighted by Crippen LogP contribution is -2.27. The van der Waals surface area contributed by atoms with Crippen LogP contribution in [0.25, 0.3) is 0 Å². The molecule has 2 unspecified atom stereocenters. The normalized spacial score (nSPS) is 25.4. The number of carbonyl (C=O) groups is 1. The minimum Gasteiger partial charge on any atom is -0.396 e. The second-order valence-corrected chi connectivity index (χ2v) is 5.73. The molecule has 0 aromatic heterocycles. The summed E-state index contributed by atoms with van der Waals surface area (Å²) in [4.78, 5) is 15.9. The van der Waals surface area contributed by atoms with Crippen molar-refractivity contribution in [3.05, 3.63) is 23.8 Å². The summed E-state index contributed by atoms with van der Waals surface area (Å²) in [7, 11) is 1.77. The van der Waals surface area contributed by atoms with Crippen LogP contribution in [0.5, 0.6) is 0 Å². The van der Waals surface area contributed by atoms with Crippen LogP contribution in [0, 0.1) is 5.92 Å². The fraction of sp³-hybridized carbons (Fsp3) is 0.533. The minimum absolute atomic E-state index is 0.0447. The smallest absolute Gasteiger partial charge is 0.248 e. The molecule has 2 heterocycles. The molecule has 20 heavy (non-hydrogen) atoms. The minimum atomic E-state index is -0.523. The molecule has 0 spiro atoms. The van der Waals surface area contributed by atoms with Crippen molar-refractivity contribution in [1.82, 2.24) is 0 Å². The van der Waals surface area contributed by atoms with Crippen LogP contribution in [0.2, 0.25) is 0 Å². The summed E-state index contributed by atoms with van der Waals surface area (Å²) in [5.74, 6) is 0.520. The largest absolute Gasteiger partial charge is 0.396 e. The zero-order valence-electron chi connectivity index (χ0n) is 11.7. The molecule has 1 aromatic rings. The first-order chi connectivity index (χ1) is 9.61. The highest BCUT2D eigenvalue weighted by molar-refractivity contribution is 6.04. The Kier molecular flexibility index (Phi) is 3.40. The summed E-state index contributed by atoms with van der Waals surface area (Å²) in [5.41, 5.74) is 8.88. The predicted octanol–water partition coefficient (Wildman–Crippen LogP) is 0.871. The van der Waals surface area contributed by atoms with Crippen molar-refractivity contribution in [3.8, 4) is 0 Å². The van der Waals surface area contributed by atoms with E-state index in [0.717, 1.165) is 42.9 Å². The van der Waals surface area contributed by atoms with Gasteiger partial charge in [-0.15, -0.1) is 0 Å². The third-order valence-electron chi connectivity index (χ3n) is 4.50. The third-order valence-corrected chi connectivity index (χ3v) is 4.50. The van der Waals surface area contributed by atoms with Gasteiger partial charge in [0.1, 0.15) is 6.04 Å². The van der Waals surface area contributed by atoms with Gasteiger partial charge in [0.25, 0.3) is 0 Å². The van der Waals surface area contributed by atoms with E-state index >= 15 is 0 Å². The molecule has 0 bridgehead atoms. The number of anilines is 2. The van der Waals surface area contributed by atoms with Crippen LogP contribution >= 0.6 is 0 Å². The molecule has 1 fully saturated rings. The van der Waals surface area contributed by atoms with Crippen LogP contribution < -0.4 is 15.5 Å². The van der Waals surface area contributed by atoms with E-state index < -0.39 is 6.04 Å². The van der Waals surface area contributed by atoms with Crippen molar-refractivity contribution in [3.63, 3.8) is 0 Å². The molecular weight excluding hydrogens is 254 g/mol. The molecule has 108 valence electrons. The third kappa shape index (κ3) is 2.07. The molecule has 0 radical (unpaired) electrons. The number of likely N-dealkylation sites (N-methyl/N-ethyl adjacent to an activating group) is 1. The SMILES string of the molecule is CN1C(=O)C(N)c2ccc(N3CCC(CCO)C3)cc21. The van der Waals surface area contributed by atoms with Gasteiger partial charge in [-0.05, 0) is 30.9 Å². The monoisotopic (exact) mass is 275 g/mol. The number of amides is 1. The molecule has 5 nitrogen and oxygen atoms in total. The highest BCUT2D eigenvalue weighted by Crippen LogP contribution is 2.37. The molecule has 1 amide bonds. The van der Waals surface area contributed by atoms with Gasteiger partial charge < -0.3 is 20.6 Å². The van der Waals surface area contributed by atoms with Gasteiger partial charge in [0.2, 0.25) is 5.91 Å². The number of aliphatic hydroxyl groups excluding tert-OH is 1. The average molecular weight is 275 g/mol. The van der Waals surface area contributed by atoms with E-state index in [9.17, 15) is 4.79 Å². The van der Waals surface area contributed by atoms with Gasteiger partial charge in [-0.3, -0.25) is 4.79 Å². The van der Waals surface area contributed by atoms with Crippen LogP contribution in [0.4, 0.5) is 11.4 Å². The van der Waals surface area contributed by atoms with Crippen molar-refractivity contribution in [2.75, 3.05) is 36.5 Å². The predicted molar refractivity (Wildman–Crippen MR) is 78.8 cm³/mol. The van der Waals surface area contributed by atoms with Crippen molar-refractivity contribution in [2.24, 2.45) is 11.7 Å². The van der Waals surface area contributed by atoms with E-state index in [1.807, 2.05) is 12.1 Å². The molecule has 3 rings (SSSR count). The van der Waals surface area contributed by atoms with Crippen molar-refractivity contribution in [2.45, 2.75) is 18.9 Å². The van der Waals surface area contributed by atoms with Crippen LogP contribution in [0.3, 0.4) is 0 Å². The molecule has 2 aliphatic rings. The molecule has 1 saturated heterocycles. The number of nitrogens with zero attached hydrogens (tertiary/aromatic N) is 2. The molecule has 5 heteroatoms. The van der Waals surface area contributed by atoms with Gasteiger partial charge in [-0.1, -0.05) is 6.07 Å². The van der Waals surface area contributed by atoms with Crippen molar-refractivity contribution >= 4 is 17.3 Å². The second-order valence-electron chi connectivity index (χ2n) is 5.73. The highest BCUT2D eigenvalue weighted by atomic mass is 16.3. The summed E-state index contributed by atoms with van der Waals surface area (Å²) in [5, 5.41) is 9.03. The van der Waals surface area contributed by atoms with Gasteiger partial charge in [0.05, 0.1) is 5.69 Å². The zero-order valence-corrected chi connectivity index (χ0v) is 11.7. The molecular formula is C15H21N3O2. The Bertz CT molecular complexity index is 532. The number of nitrogens with two attached hydrogens (primary N) is 1. The zero-order chi connectivity index (χ0) is 14.3. The van der Waals surface area contributed by atoms with E-state index in [0.29, 0.717) is 5.92 Å². The Labute approximate surface area is 119 Å². The summed E-state index contributed by atoms with van der Waals surface area (Å²) >= 11 is 0. The highest BCUT2D eigenvalue weighted by Gasteiger charge is 2.33. The fourth-order valence-electron chi connectivity index (χ4n) is 3.23. The maximum absolute atomic E-state index is 11.9. The summed E-state index contributed by atoms with van der Waals surface area (Å²) in [6.45, 7) is 2.24. The van der Waals surface area contributed by atoms with E-state index in [1.165, 1.54) is 0 Å². The molecule has 3 N–H and O–H groups in total. The van der Waals surface area contributed by atoms with Crippen molar-refractivity contribution < 1.29 is 9.90 Å². The fourth-order valence-corrected chi connectivity index (χ4v) is 3.23. The number of hydrogen-bond acceptors (Lipinski definition) is 4. The molecule has 2 aliphatic heterocycles.